The number of benzene rings is 1. The van der Waals surface area contributed by atoms with Gasteiger partial charge in [0, 0.05) is 32.1 Å². The highest BCUT2D eigenvalue weighted by Crippen LogP contribution is 2.22. The standard InChI is InChI=1S/C18H24N4O4/c1-3-26-18(8-9-25-12-18)11-20-17(24)19-10-15-13-6-4-5-7-14(13)16(23)22(2)21-15/h4-7H,3,8-12H2,1-2H3,(H2,19,20,24). The number of nitrogens with one attached hydrogen (secondary N) is 2. The summed E-state index contributed by atoms with van der Waals surface area (Å²) < 4.78 is 12.5. The van der Waals surface area contributed by atoms with Crippen molar-refractivity contribution < 1.29 is 14.3 Å². The Morgan fingerprint density at radius 2 is 2.12 bits per heavy atom. The molecule has 2 N–H and O–H groups in total. The lowest BCUT2D eigenvalue weighted by Crippen LogP contribution is -2.48. The van der Waals surface area contributed by atoms with E-state index in [1.807, 2.05) is 25.1 Å². The minimum Gasteiger partial charge on any atom is -0.378 e. The van der Waals surface area contributed by atoms with Crippen LogP contribution in [0.4, 0.5) is 4.79 Å². The third kappa shape index (κ3) is 3.86. The van der Waals surface area contributed by atoms with Crippen LogP contribution in [0.2, 0.25) is 0 Å². The minimum atomic E-state index is -0.451. The first-order chi connectivity index (χ1) is 12.5. The summed E-state index contributed by atoms with van der Waals surface area (Å²) in [5.74, 6) is 0. The topological polar surface area (TPSA) is 94.5 Å². The molecule has 1 aliphatic heterocycles. The molecule has 2 heterocycles. The largest absolute Gasteiger partial charge is 0.378 e. The minimum absolute atomic E-state index is 0.159. The van der Waals surface area contributed by atoms with Gasteiger partial charge < -0.3 is 20.1 Å². The first kappa shape index (κ1) is 18.3. The number of aromatic nitrogens is 2. The first-order valence-corrected chi connectivity index (χ1v) is 8.73. The predicted molar refractivity (Wildman–Crippen MR) is 97.0 cm³/mol. The Kier molecular flexibility index (Phi) is 5.53. The molecule has 0 aliphatic carbocycles. The van der Waals surface area contributed by atoms with Gasteiger partial charge in [0.1, 0.15) is 5.60 Å². The molecule has 1 fully saturated rings. The van der Waals surface area contributed by atoms with Crippen LogP contribution in [0.5, 0.6) is 0 Å². The second-order valence-electron chi connectivity index (χ2n) is 6.38. The van der Waals surface area contributed by atoms with Crippen molar-refractivity contribution in [3.8, 4) is 0 Å². The highest BCUT2D eigenvalue weighted by atomic mass is 16.6. The van der Waals surface area contributed by atoms with Crippen molar-refractivity contribution in [1.29, 1.82) is 0 Å². The Morgan fingerprint density at radius 1 is 1.35 bits per heavy atom. The lowest BCUT2D eigenvalue weighted by Gasteiger charge is -2.27. The Hall–Kier alpha value is -2.45. The zero-order chi connectivity index (χ0) is 18.6. The molecule has 0 bridgehead atoms. The zero-order valence-corrected chi connectivity index (χ0v) is 15.1. The highest BCUT2D eigenvalue weighted by molar-refractivity contribution is 5.84. The lowest BCUT2D eigenvalue weighted by molar-refractivity contribution is -0.0401. The van der Waals surface area contributed by atoms with Crippen molar-refractivity contribution in [3.05, 3.63) is 40.3 Å². The van der Waals surface area contributed by atoms with Crippen molar-refractivity contribution in [2.45, 2.75) is 25.5 Å². The summed E-state index contributed by atoms with van der Waals surface area (Å²) in [6.07, 6.45) is 0.758. The Balaban J connectivity index is 1.64. The number of urea groups is 1. The molecule has 1 aromatic heterocycles. The molecule has 1 unspecified atom stereocenters. The van der Waals surface area contributed by atoms with Gasteiger partial charge in [-0.05, 0) is 13.0 Å². The quantitative estimate of drug-likeness (QED) is 0.799. The number of amides is 2. The van der Waals surface area contributed by atoms with Crippen molar-refractivity contribution in [2.24, 2.45) is 7.05 Å². The molecule has 3 rings (SSSR count). The summed E-state index contributed by atoms with van der Waals surface area (Å²) in [4.78, 5) is 24.3. The van der Waals surface area contributed by atoms with Crippen LogP contribution in [0, 0.1) is 0 Å². The first-order valence-electron chi connectivity index (χ1n) is 8.73. The fraction of sp³-hybridized carbons (Fsp3) is 0.500. The summed E-state index contributed by atoms with van der Waals surface area (Å²) in [6, 6.07) is 6.94. The van der Waals surface area contributed by atoms with Crippen LogP contribution in [0.15, 0.2) is 29.1 Å². The Labute approximate surface area is 151 Å². The number of aryl methyl sites for hydroxylation is 1. The highest BCUT2D eigenvalue weighted by Gasteiger charge is 2.35. The van der Waals surface area contributed by atoms with E-state index in [0.29, 0.717) is 37.4 Å². The third-order valence-corrected chi connectivity index (χ3v) is 4.54. The van der Waals surface area contributed by atoms with Gasteiger partial charge in [0.15, 0.2) is 0 Å². The molecule has 8 heteroatoms. The van der Waals surface area contributed by atoms with Gasteiger partial charge in [-0.15, -0.1) is 0 Å². The molecule has 26 heavy (non-hydrogen) atoms. The molecular weight excluding hydrogens is 336 g/mol. The Morgan fingerprint density at radius 3 is 2.81 bits per heavy atom. The second-order valence-corrected chi connectivity index (χ2v) is 6.38. The summed E-state index contributed by atoms with van der Waals surface area (Å²) in [5.41, 5.74) is 0.0310. The number of hydrogen-bond donors (Lipinski definition) is 2. The van der Waals surface area contributed by atoms with E-state index in [4.69, 9.17) is 9.47 Å². The van der Waals surface area contributed by atoms with Gasteiger partial charge in [-0.1, -0.05) is 18.2 Å². The molecule has 0 spiro atoms. The van der Waals surface area contributed by atoms with E-state index in [1.54, 1.807) is 13.1 Å². The summed E-state index contributed by atoms with van der Waals surface area (Å²) in [6.45, 7) is 4.22. The van der Waals surface area contributed by atoms with Crippen LogP contribution >= 0.6 is 0 Å². The van der Waals surface area contributed by atoms with Crippen molar-refractivity contribution in [3.63, 3.8) is 0 Å². The van der Waals surface area contributed by atoms with Gasteiger partial charge in [0.25, 0.3) is 5.56 Å². The normalized spacial score (nSPS) is 19.6. The number of nitrogens with zero attached hydrogens (tertiary/aromatic N) is 2. The fourth-order valence-corrected chi connectivity index (χ4v) is 3.17. The monoisotopic (exact) mass is 360 g/mol. The predicted octanol–water partition coefficient (Wildman–Crippen LogP) is 0.928. The molecule has 1 atom stereocenters. The number of carbonyl (C=O) groups excluding carboxylic acids is 1. The van der Waals surface area contributed by atoms with E-state index < -0.39 is 5.60 Å². The average molecular weight is 360 g/mol. The average Bonchev–Trinajstić information content (AvgIpc) is 3.11. The SMILES string of the molecule is CCOC1(CNC(=O)NCc2nn(C)c(=O)c3ccccc23)CCOC1. The molecule has 1 saturated heterocycles. The fourth-order valence-electron chi connectivity index (χ4n) is 3.17. The van der Waals surface area contributed by atoms with E-state index in [-0.39, 0.29) is 18.1 Å². The maximum atomic E-state index is 12.2. The maximum Gasteiger partial charge on any atom is 0.315 e. The summed E-state index contributed by atoms with van der Waals surface area (Å²) in [5, 5.41) is 11.2. The van der Waals surface area contributed by atoms with E-state index in [9.17, 15) is 9.59 Å². The summed E-state index contributed by atoms with van der Waals surface area (Å²) >= 11 is 0. The second kappa shape index (κ2) is 7.84. The summed E-state index contributed by atoms with van der Waals surface area (Å²) in [7, 11) is 1.60. The molecule has 8 nitrogen and oxygen atoms in total. The van der Waals surface area contributed by atoms with Gasteiger partial charge in [-0.2, -0.15) is 5.10 Å². The number of rotatable bonds is 6. The number of ether oxygens (including phenoxy) is 2. The molecule has 1 aliphatic rings. The molecule has 2 aromatic rings. The van der Waals surface area contributed by atoms with Crippen molar-refractivity contribution in [2.75, 3.05) is 26.4 Å². The molecule has 2 amide bonds. The van der Waals surface area contributed by atoms with Crippen LogP contribution in [0.3, 0.4) is 0 Å². The molecule has 0 saturated carbocycles. The van der Waals surface area contributed by atoms with Crippen molar-refractivity contribution in [1.82, 2.24) is 20.4 Å². The van der Waals surface area contributed by atoms with Crippen LogP contribution in [-0.2, 0) is 23.1 Å². The smallest absolute Gasteiger partial charge is 0.315 e. The van der Waals surface area contributed by atoms with Crippen LogP contribution in [-0.4, -0.2) is 47.8 Å². The number of fused-ring (bicyclic) bond motifs is 1. The van der Waals surface area contributed by atoms with Gasteiger partial charge in [-0.25, -0.2) is 9.48 Å². The van der Waals surface area contributed by atoms with E-state index in [1.165, 1.54) is 4.68 Å². The zero-order valence-electron chi connectivity index (χ0n) is 15.1. The Bertz CT molecular complexity index is 843. The molecule has 0 radical (unpaired) electrons. The molecule has 140 valence electrons. The molecular formula is C18H24N4O4. The van der Waals surface area contributed by atoms with Crippen LogP contribution < -0.4 is 16.2 Å². The van der Waals surface area contributed by atoms with Gasteiger partial charge in [-0.3, -0.25) is 4.79 Å². The van der Waals surface area contributed by atoms with Gasteiger partial charge in [0.2, 0.25) is 0 Å². The number of carbonyl (C=O) groups is 1. The van der Waals surface area contributed by atoms with Crippen molar-refractivity contribution >= 4 is 16.8 Å². The van der Waals surface area contributed by atoms with E-state index in [2.05, 4.69) is 15.7 Å². The van der Waals surface area contributed by atoms with Crippen LogP contribution in [0.1, 0.15) is 19.0 Å². The maximum absolute atomic E-state index is 12.2. The number of hydrogen-bond acceptors (Lipinski definition) is 5. The van der Waals surface area contributed by atoms with Crippen LogP contribution in [0.25, 0.3) is 10.8 Å². The van der Waals surface area contributed by atoms with E-state index >= 15 is 0 Å². The van der Waals surface area contributed by atoms with Gasteiger partial charge >= 0.3 is 6.03 Å². The third-order valence-electron chi connectivity index (χ3n) is 4.54. The lowest BCUT2D eigenvalue weighted by atomic mass is 10.0. The molecule has 1 aromatic carbocycles. The van der Waals surface area contributed by atoms with Gasteiger partial charge in [0.05, 0.1) is 30.8 Å². The van der Waals surface area contributed by atoms with E-state index in [0.717, 1.165) is 11.8 Å².